The number of hydrogen-bond donors (Lipinski definition) is 2. The Morgan fingerprint density at radius 2 is 2.05 bits per heavy atom. The van der Waals surface area contributed by atoms with Crippen LogP contribution in [0.4, 0.5) is 0 Å². The van der Waals surface area contributed by atoms with E-state index in [-0.39, 0.29) is 4.90 Å². The lowest BCUT2D eigenvalue weighted by molar-refractivity contribution is 0.514. The minimum Gasteiger partial charge on any atom is -0.313 e. The first-order valence-electron chi connectivity index (χ1n) is 7.13. The predicted octanol–water partition coefficient (Wildman–Crippen LogP) is 1.30. The molecule has 1 aromatic rings. The molecule has 0 spiro atoms. The molecule has 0 aliphatic carbocycles. The predicted molar refractivity (Wildman–Crippen MR) is 88.1 cm³/mol. The van der Waals surface area contributed by atoms with E-state index < -0.39 is 10.0 Å². The molecule has 2 N–H and O–H groups in total. The number of rotatable bonds is 10. The zero-order valence-corrected chi connectivity index (χ0v) is 14.8. The van der Waals surface area contributed by atoms with Crippen LogP contribution in [0, 0.1) is 0 Å². The first-order chi connectivity index (χ1) is 9.85. The average molecular weight is 335 g/mol. The van der Waals surface area contributed by atoms with Crippen molar-refractivity contribution < 1.29 is 8.42 Å². The lowest BCUT2D eigenvalue weighted by Crippen LogP contribution is -2.27. The standard InChI is InChI=1S/C13H26N4O2S2/c1-11(2)14-7-8-17-10-13(9-15-17)21(18,19)16-6-5-12(3)20-4/h9-12,14,16H,5-8H2,1-4H3. The third kappa shape index (κ3) is 6.82. The molecule has 0 aromatic carbocycles. The number of hydrogen-bond acceptors (Lipinski definition) is 5. The molecule has 0 bridgehead atoms. The molecular formula is C13H26N4O2S2. The van der Waals surface area contributed by atoms with E-state index >= 15 is 0 Å². The zero-order valence-electron chi connectivity index (χ0n) is 13.2. The van der Waals surface area contributed by atoms with Gasteiger partial charge in [-0.15, -0.1) is 0 Å². The topological polar surface area (TPSA) is 76.0 Å². The summed E-state index contributed by atoms with van der Waals surface area (Å²) >= 11 is 1.73. The lowest BCUT2D eigenvalue weighted by Gasteiger charge is -2.09. The third-order valence-electron chi connectivity index (χ3n) is 3.06. The molecule has 0 saturated carbocycles. The highest BCUT2D eigenvalue weighted by Gasteiger charge is 2.16. The third-order valence-corrected chi connectivity index (χ3v) is 5.51. The highest BCUT2D eigenvalue weighted by molar-refractivity contribution is 7.99. The minimum atomic E-state index is -3.45. The van der Waals surface area contributed by atoms with E-state index in [1.807, 2.05) is 6.26 Å². The summed E-state index contributed by atoms with van der Waals surface area (Å²) in [6, 6.07) is 0.406. The summed E-state index contributed by atoms with van der Waals surface area (Å²) in [5, 5.41) is 7.80. The van der Waals surface area contributed by atoms with Gasteiger partial charge in [0.05, 0.1) is 12.7 Å². The number of sulfonamides is 1. The van der Waals surface area contributed by atoms with Crippen LogP contribution in [0.25, 0.3) is 0 Å². The molecule has 0 aliphatic rings. The molecule has 1 rings (SSSR count). The molecule has 0 radical (unpaired) electrons. The molecule has 6 nitrogen and oxygen atoms in total. The average Bonchev–Trinajstić information content (AvgIpc) is 2.87. The van der Waals surface area contributed by atoms with E-state index in [4.69, 9.17) is 0 Å². The van der Waals surface area contributed by atoms with Crippen LogP contribution in [-0.4, -0.2) is 48.8 Å². The van der Waals surface area contributed by atoms with Gasteiger partial charge in [0.2, 0.25) is 10.0 Å². The second kappa shape index (κ2) is 8.77. The van der Waals surface area contributed by atoms with Crippen molar-refractivity contribution in [2.75, 3.05) is 19.3 Å². The van der Waals surface area contributed by atoms with Gasteiger partial charge >= 0.3 is 0 Å². The Morgan fingerprint density at radius 3 is 2.67 bits per heavy atom. The highest BCUT2D eigenvalue weighted by atomic mass is 32.2. The van der Waals surface area contributed by atoms with Crippen LogP contribution < -0.4 is 10.0 Å². The first kappa shape index (κ1) is 18.5. The Balaban J connectivity index is 2.50. The van der Waals surface area contributed by atoms with Gasteiger partial charge in [-0.05, 0) is 12.7 Å². The van der Waals surface area contributed by atoms with Crippen LogP contribution in [-0.2, 0) is 16.6 Å². The van der Waals surface area contributed by atoms with Gasteiger partial charge in [0.15, 0.2) is 0 Å². The maximum Gasteiger partial charge on any atom is 0.243 e. The van der Waals surface area contributed by atoms with Gasteiger partial charge in [0.1, 0.15) is 4.90 Å². The van der Waals surface area contributed by atoms with Crippen LogP contribution in [0.1, 0.15) is 27.2 Å². The summed E-state index contributed by atoms with van der Waals surface area (Å²) in [4.78, 5) is 0.226. The first-order valence-corrected chi connectivity index (χ1v) is 9.90. The van der Waals surface area contributed by atoms with Gasteiger partial charge in [-0.1, -0.05) is 20.8 Å². The van der Waals surface area contributed by atoms with Crippen LogP contribution in [0.15, 0.2) is 17.3 Å². The highest BCUT2D eigenvalue weighted by Crippen LogP contribution is 2.10. The molecule has 21 heavy (non-hydrogen) atoms. The monoisotopic (exact) mass is 334 g/mol. The molecule has 1 aromatic heterocycles. The fourth-order valence-corrected chi connectivity index (χ4v) is 3.02. The Bertz CT molecular complexity index is 514. The van der Waals surface area contributed by atoms with Crippen molar-refractivity contribution in [3.8, 4) is 0 Å². The summed E-state index contributed by atoms with van der Waals surface area (Å²) in [7, 11) is -3.45. The van der Waals surface area contributed by atoms with Gasteiger partial charge in [-0.2, -0.15) is 16.9 Å². The molecule has 0 saturated heterocycles. The van der Waals surface area contributed by atoms with Crippen molar-refractivity contribution in [1.29, 1.82) is 0 Å². The van der Waals surface area contributed by atoms with Crippen molar-refractivity contribution in [1.82, 2.24) is 19.8 Å². The molecule has 122 valence electrons. The van der Waals surface area contributed by atoms with Crippen molar-refractivity contribution in [2.45, 2.75) is 49.9 Å². The second-order valence-electron chi connectivity index (χ2n) is 5.28. The molecule has 0 amide bonds. The van der Waals surface area contributed by atoms with E-state index in [1.54, 1.807) is 22.6 Å². The molecule has 1 unspecified atom stereocenters. The number of nitrogens with zero attached hydrogens (tertiary/aromatic N) is 2. The number of aromatic nitrogens is 2. The zero-order chi connectivity index (χ0) is 15.9. The Hall–Kier alpha value is -0.570. The molecule has 0 aliphatic heterocycles. The van der Waals surface area contributed by atoms with Crippen LogP contribution >= 0.6 is 11.8 Å². The van der Waals surface area contributed by atoms with Crippen LogP contribution in [0.5, 0.6) is 0 Å². The Kier molecular flexibility index (Phi) is 7.72. The normalized spacial score (nSPS) is 13.8. The largest absolute Gasteiger partial charge is 0.313 e. The number of nitrogens with one attached hydrogen (secondary N) is 2. The fraction of sp³-hybridized carbons (Fsp3) is 0.769. The maximum atomic E-state index is 12.1. The molecule has 0 fully saturated rings. The summed E-state index contributed by atoms with van der Waals surface area (Å²) in [5.41, 5.74) is 0. The van der Waals surface area contributed by atoms with Crippen LogP contribution in [0.3, 0.4) is 0 Å². The van der Waals surface area contributed by atoms with E-state index in [1.165, 1.54) is 6.20 Å². The summed E-state index contributed by atoms with van der Waals surface area (Å²) in [6.07, 6.45) is 5.80. The van der Waals surface area contributed by atoms with E-state index in [0.29, 0.717) is 24.4 Å². The van der Waals surface area contributed by atoms with Crippen molar-refractivity contribution in [2.24, 2.45) is 0 Å². The Labute approximate surface area is 132 Å². The molecular weight excluding hydrogens is 308 g/mol. The van der Waals surface area contributed by atoms with Gasteiger partial charge in [-0.25, -0.2) is 13.1 Å². The van der Waals surface area contributed by atoms with Crippen molar-refractivity contribution in [3.05, 3.63) is 12.4 Å². The smallest absolute Gasteiger partial charge is 0.243 e. The SMILES string of the molecule is CSC(C)CCNS(=O)(=O)c1cnn(CCNC(C)C)c1. The Morgan fingerprint density at radius 1 is 1.33 bits per heavy atom. The molecule has 8 heteroatoms. The summed E-state index contributed by atoms with van der Waals surface area (Å²) < 4.78 is 28.5. The lowest BCUT2D eigenvalue weighted by atomic mass is 10.3. The van der Waals surface area contributed by atoms with Crippen molar-refractivity contribution in [3.63, 3.8) is 0 Å². The van der Waals surface area contributed by atoms with Gasteiger partial charge in [0, 0.05) is 30.6 Å². The molecule has 1 heterocycles. The van der Waals surface area contributed by atoms with Gasteiger partial charge < -0.3 is 5.32 Å². The quantitative estimate of drug-likeness (QED) is 0.674. The van der Waals surface area contributed by atoms with Crippen molar-refractivity contribution >= 4 is 21.8 Å². The van der Waals surface area contributed by atoms with Gasteiger partial charge in [0.25, 0.3) is 0 Å². The summed E-state index contributed by atoms with van der Waals surface area (Å²) in [6.45, 7) is 8.08. The van der Waals surface area contributed by atoms with Gasteiger partial charge in [-0.3, -0.25) is 4.68 Å². The van der Waals surface area contributed by atoms with Crippen LogP contribution in [0.2, 0.25) is 0 Å². The summed E-state index contributed by atoms with van der Waals surface area (Å²) in [5.74, 6) is 0. The minimum absolute atomic E-state index is 0.226. The number of thioether (sulfide) groups is 1. The molecule has 1 atom stereocenters. The van der Waals surface area contributed by atoms with E-state index in [0.717, 1.165) is 13.0 Å². The van der Waals surface area contributed by atoms with E-state index in [2.05, 4.69) is 35.9 Å². The fourth-order valence-electron chi connectivity index (χ4n) is 1.67. The van der Waals surface area contributed by atoms with E-state index in [9.17, 15) is 8.42 Å². The maximum absolute atomic E-state index is 12.1. The second-order valence-corrected chi connectivity index (χ2v) is 8.32.